The van der Waals surface area contributed by atoms with E-state index in [1.165, 1.54) is 18.2 Å². The van der Waals surface area contributed by atoms with Crippen LogP contribution in [0.2, 0.25) is 0 Å². The Hall–Kier alpha value is -3.48. The predicted octanol–water partition coefficient (Wildman–Crippen LogP) is 4.88. The fourth-order valence-electron chi connectivity index (χ4n) is 2.41. The van der Waals surface area contributed by atoms with Gasteiger partial charge in [0.15, 0.2) is 0 Å². The Bertz CT molecular complexity index is 983. The summed E-state index contributed by atoms with van der Waals surface area (Å²) in [5, 5.41) is 40.4. The highest BCUT2D eigenvalue weighted by atomic mass is 16.6. The molecule has 7 heteroatoms. The summed E-state index contributed by atoms with van der Waals surface area (Å²) in [6.07, 6.45) is 0. The summed E-state index contributed by atoms with van der Waals surface area (Å²) >= 11 is 0. The summed E-state index contributed by atoms with van der Waals surface area (Å²) < 4.78 is 0. The van der Waals surface area contributed by atoms with E-state index < -0.39 is 16.4 Å². The minimum atomic E-state index is -0.684. The molecule has 0 fully saturated rings. The van der Waals surface area contributed by atoms with E-state index in [0.717, 1.165) is 5.39 Å². The van der Waals surface area contributed by atoms with Crippen molar-refractivity contribution in [3.05, 3.63) is 64.2 Å². The molecule has 0 unspecified atom stereocenters. The molecule has 0 radical (unpaired) electrons. The van der Waals surface area contributed by atoms with Gasteiger partial charge >= 0.3 is 5.69 Å². The summed E-state index contributed by atoms with van der Waals surface area (Å²) in [5.41, 5.74) is 0.326. The van der Waals surface area contributed by atoms with E-state index in [-0.39, 0.29) is 17.1 Å². The first-order valence-electron chi connectivity index (χ1n) is 7.08. The Morgan fingerprint density at radius 3 is 2.54 bits per heavy atom. The molecule has 0 aliphatic heterocycles. The number of azo groups is 1. The number of fused-ring (bicyclic) bond motifs is 1. The monoisotopic (exact) mass is 323 g/mol. The smallest absolute Gasteiger partial charge is 0.313 e. The lowest BCUT2D eigenvalue weighted by Crippen LogP contribution is -1.89. The molecule has 0 aromatic heterocycles. The lowest BCUT2D eigenvalue weighted by molar-refractivity contribution is -0.385. The van der Waals surface area contributed by atoms with Crippen LogP contribution in [0.5, 0.6) is 11.5 Å². The fourth-order valence-corrected chi connectivity index (χ4v) is 2.41. The van der Waals surface area contributed by atoms with Gasteiger partial charge in [0.05, 0.1) is 4.92 Å². The van der Waals surface area contributed by atoms with Crippen molar-refractivity contribution in [2.45, 2.75) is 6.92 Å². The Morgan fingerprint density at radius 1 is 1.04 bits per heavy atom. The van der Waals surface area contributed by atoms with Gasteiger partial charge in [0.2, 0.25) is 5.75 Å². The summed E-state index contributed by atoms with van der Waals surface area (Å²) in [4.78, 5) is 10.3. The molecule has 0 aliphatic carbocycles. The first-order valence-corrected chi connectivity index (χ1v) is 7.08. The molecule has 3 aromatic carbocycles. The molecule has 0 atom stereocenters. The van der Waals surface area contributed by atoms with Gasteiger partial charge in [-0.05, 0) is 30.0 Å². The van der Waals surface area contributed by atoms with Crippen molar-refractivity contribution in [1.82, 2.24) is 0 Å². The van der Waals surface area contributed by atoms with E-state index in [4.69, 9.17) is 0 Å². The van der Waals surface area contributed by atoms with Crippen LogP contribution in [0, 0.1) is 17.0 Å². The summed E-state index contributed by atoms with van der Waals surface area (Å²) in [7, 11) is 0. The predicted molar refractivity (Wildman–Crippen MR) is 89.3 cm³/mol. The molecule has 0 saturated carbocycles. The highest BCUT2D eigenvalue weighted by Crippen LogP contribution is 2.40. The molecule has 7 nitrogen and oxygen atoms in total. The maximum absolute atomic E-state index is 11.0. The van der Waals surface area contributed by atoms with Gasteiger partial charge in [-0.1, -0.05) is 30.3 Å². The third kappa shape index (κ3) is 2.74. The van der Waals surface area contributed by atoms with Crippen LogP contribution >= 0.6 is 0 Å². The Balaban J connectivity index is 2.13. The molecule has 0 saturated heterocycles. The highest BCUT2D eigenvalue weighted by molar-refractivity contribution is 5.95. The minimum absolute atomic E-state index is 0.0333. The van der Waals surface area contributed by atoms with Crippen LogP contribution in [0.1, 0.15) is 5.56 Å². The maximum Gasteiger partial charge on any atom is 0.313 e. The van der Waals surface area contributed by atoms with Gasteiger partial charge in [0.25, 0.3) is 0 Å². The second kappa shape index (κ2) is 5.96. The molecule has 0 amide bonds. The van der Waals surface area contributed by atoms with Gasteiger partial charge in [-0.25, -0.2) is 0 Å². The molecule has 3 aromatic rings. The van der Waals surface area contributed by atoms with E-state index in [1.807, 2.05) is 12.1 Å². The Kier molecular flexibility index (Phi) is 3.83. The van der Waals surface area contributed by atoms with Gasteiger partial charge in [-0.15, -0.1) is 10.2 Å². The summed E-state index contributed by atoms with van der Waals surface area (Å²) in [6.45, 7) is 1.65. The van der Waals surface area contributed by atoms with Crippen LogP contribution in [-0.2, 0) is 0 Å². The summed E-state index contributed by atoms with van der Waals surface area (Å²) in [6, 6.07) is 13.3. The van der Waals surface area contributed by atoms with E-state index in [1.54, 1.807) is 25.1 Å². The number of aryl methyl sites for hydroxylation is 1. The third-order valence-corrected chi connectivity index (χ3v) is 3.55. The number of phenolic OH excluding ortho intramolecular Hbond substituents is 2. The molecule has 0 heterocycles. The first-order chi connectivity index (χ1) is 11.5. The average molecular weight is 323 g/mol. The van der Waals surface area contributed by atoms with Crippen molar-refractivity contribution in [2.24, 2.45) is 10.2 Å². The number of hydrogen-bond acceptors (Lipinski definition) is 6. The van der Waals surface area contributed by atoms with Gasteiger partial charge < -0.3 is 10.2 Å². The van der Waals surface area contributed by atoms with Crippen LogP contribution < -0.4 is 0 Å². The molecule has 120 valence electrons. The lowest BCUT2D eigenvalue weighted by atomic mass is 10.1. The Labute approximate surface area is 136 Å². The number of nitro groups is 1. The molecule has 24 heavy (non-hydrogen) atoms. The zero-order chi connectivity index (χ0) is 17.3. The zero-order valence-corrected chi connectivity index (χ0v) is 12.7. The van der Waals surface area contributed by atoms with E-state index in [9.17, 15) is 20.3 Å². The van der Waals surface area contributed by atoms with E-state index in [2.05, 4.69) is 10.2 Å². The third-order valence-electron chi connectivity index (χ3n) is 3.55. The van der Waals surface area contributed by atoms with Crippen molar-refractivity contribution >= 4 is 27.8 Å². The standard InChI is InChI=1S/C17H13N3O4/c1-10-8-13(17(22)14(9-10)20(23)24)18-19-16-12-5-3-2-4-11(12)6-7-15(16)21/h2-9,21-22H,1H3. The normalized spacial score (nSPS) is 11.2. The van der Waals surface area contributed by atoms with Gasteiger partial charge in [-0.2, -0.15) is 0 Å². The number of rotatable bonds is 3. The van der Waals surface area contributed by atoms with Gasteiger partial charge in [0, 0.05) is 11.5 Å². The van der Waals surface area contributed by atoms with E-state index >= 15 is 0 Å². The number of nitro benzene ring substituents is 1. The van der Waals surface area contributed by atoms with E-state index in [0.29, 0.717) is 10.9 Å². The van der Waals surface area contributed by atoms with Crippen molar-refractivity contribution in [3.63, 3.8) is 0 Å². The number of aromatic hydroxyl groups is 2. The molecule has 2 N–H and O–H groups in total. The summed E-state index contributed by atoms with van der Waals surface area (Å²) in [5.74, 6) is -0.631. The first kappa shape index (κ1) is 15.4. The van der Waals surface area contributed by atoms with Crippen molar-refractivity contribution in [1.29, 1.82) is 0 Å². The van der Waals surface area contributed by atoms with Crippen LogP contribution in [0.25, 0.3) is 10.8 Å². The van der Waals surface area contributed by atoms with Crippen LogP contribution in [0.4, 0.5) is 17.1 Å². The quantitative estimate of drug-likeness (QED) is 0.406. The van der Waals surface area contributed by atoms with Crippen LogP contribution in [-0.4, -0.2) is 15.1 Å². The minimum Gasteiger partial charge on any atom is -0.506 e. The second-order valence-electron chi connectivity index (χ2n) is 5.26. The number of nitrogens with zero attached hydrogens (tertiary/aromatic N) is 3. The van der Waals surface area contributed by atoms with Gasteiger partial charge in [-0.3, -0.25) is 10.1 Å². The zero-order valence-electron chi connectivity index (χ0n) is 12.7. The molecule has 0 aliphatic rings. The Morgan fingerprint density at radius 2 is 1.79 bits per heavy atom. The SMILES string of the molecule is Cc1cc(N=Nc2c(O)ccc3ccccc23)c(O)c([N+](=O)[O-])c1. The van der Waals surface area contributed by atoms with Crippen molar-refractivity contribution in [2.75, 3.05) is 0 Å². The molecule has 0 bridgehead atoms. The van der Waals surface area contributed by atoms with Crippen molar-refractivity contribution in [3.8, 4) is 11.5 Å². The number of phenols is 2. The average Bonchev–Trinajstić information content (AvgIpc) is 2.56. The molecule has 3 rings (SSSR count). The largest absolute Gasteiger partial charge is 0.506 e. The fraction of sp³-hybridized carbons (Fsp3) is 0.0588. The highest BCUT2D eigenvalue weighted by Gasteiger charge is 2.18. The number of hydrogen-bond donors (Lipinski definition) is 2. The van der Waals surface area contributed by atoms with Gasteiger partial charge in [0.1, 0.15) is 17.1 Å². The van der Waals surface area contributed by atoms with Crippen LogP contribution in [0.15, 0.2) is 58.8 Å². The molecular weight excluding hydrogens is 310 g/mol. The lowest BCUT2D eigenvalue weighted by Gasteiger charge is -2.04. The van der Waals surface area contributed by atoms with Crippen molar-refractivity contribution < 1.29 is 15.1 Å². The maximum atomic E-state index is 11.0. The number of benzene rings is 3. The topological polar surface area (TPSA) is 108 Å². The van der Waals surface area contributed by atoms with Crippen LogP contribution in [0.3, 0.4) is 0 Å². The molecule has 0 spiro atoms. The second-order valence-corrected chi connectivity index (χ2v) is 5.26. The molecular formula is C17H13N3O4.